The number of ether oxygens (including phenoxy) is 1. The van der Waals surface area contributed by atoms with E-state index in [1.165, 1.54) is 6.20 Å². The molecule has 0 aliphatic carbocycles. The first-order chi connectivity index (χ1) is 7.63. The fourth-order valence-electron chi connectivity index (χ4n) is 1.34. The van der Waals surface area contributed by atoms with Gasteiger partial charge in [0.1, 0.15) is 0 Å². The van der Waals surface area contributed by atoms with Crippen LogP contribution in [0.4, 0.5) is 0 Å². The number of nitrogens with one attached hydrogen (secondary N) is 1. The highest BCUT2D eigenvalue weighted by Crippen LogP contribution is 2.08. The zero-order valence-corrected chi connectivity index (χ0v) is 8.67. The van der Waals surface area contributed by atoms with Gasteiger partial charge in [-0.3, -0.25) is 4.98 Å². The van der Waals surface area contributed by atoms with Crippen molar-refractivity contribution in [3.05, 3.63) is 37.5 Å². The lowest BCUT2D eigenvalue weighted by Gasteiger charge is -2.03. The molecule has 0 amide bonds. The summed E-state index contributed by atoms with van der Waals surface area (Å²) in [5.74, 6) is 0. The summed E-state index contributed by atoms with van der Waals surface area (Å²) in [5.41, 5.74) is -2.09. The Morgan fingerprint density at radius 1 is 1.44 bits per heavy atom. The maximum absolute atomic E-state index is 11.8. The molecule has 1 aliphatic rings. The van der Waals surface area contributed by atoms with E-state index in [0.29, 0.717) is 6.61 Å². The summed E-state index contributed by atoms with van der Waals surface area (Å²) >= 11 is 0. The molecule has 1 unspecified atom stereocenters. The van der Waals surface area contributed by atoms with Crippen LogP contribution in [0.25, 0.3) is 6.20 Å². The smallest absolute Gasteiger partial charge is 0.340 e. The second-order valence-corrected chi connectivity index (χ2v) is 3.44. The highest BCUT2D eigenvalue weighted by atomic mass is 16.6. The fraction of sp³-hybridized carbons (Fsp3) is 0.444. The molecule has 1 fully saturated rings. The number of rotatable bonds is 3. The van der Waals surface area contributed by atoms with Crippen molar-refractivity contribution < 1.29 is 4.74 Å². The lowest BCUT2D eigenvalue weighted by molar-refractivity contribution is 0.372. The van der Waals surface area contributed by atoms with E-state index in [0.717, 1.165) is 9.13 Å². The van der Waals surface area contributed by atoms with Crippen molar-refractivity contribution in [1.82, 2.24) is 14.1 Å². The second kappa shape index (κ2) is 3.93. The minimum absolute atomic E-state index is 0.102. The molecule has 7 nitrogen and oxygen atoms in total. The molecule has 1 aliphatic heterocycles. The first-order valence-corrected chi connectivity index (χ1v) is 4.83. The Morgan fingerprint density at radius 2 is 2.12 bits per heavy atom. The molecule has 0 spiro atoms. The van der Waals surface area contributed by atoms with Crippen LogP contribution in [-0.4, -0.2) is 26.8 Å². The summed E-state index contributed by atoms with van der Waals surface area (Å²) in [5, 5.41) is 0. The normalized spacial score (nSPS) is 19.2. The van der Waals surface area contributed by atoms with Crippen molar-refractivity contribution >= 4 is 6.20 Å². The van der Waals surface area contributed by atoms with Gasteiger partial charge in [-0.1, -0.05) is 6.08 Å². The third-order valence-corrected chi connectivity index (χ3v) is 2.20. The summed E-state index contributed by atoms with van der Waals surface area (Å²) in [4.78, 5) is 36.5. The summed E-state index contributed by atoms with van der Waals surface area (Å²) < 4.78 is 6.74. The van der Waals surface area contributed by atoms with E-state index in [9.17, 15) is 14.4 Å². The van der Waals surface area contributed by atoms with E-state index in [1.807, 2.05) is 0 Å². The van der Waals surface area contributed by atoms with Crippen LogP contribution in [0.2, 0.25) is 0 Å². The topological polar surface area (TPSA) is 89.4 Å². The van der Waals surface area contributed by atoms with E-state index >= 15 is 0 Å². The van der Waals surface area contributed by atoms with Crippen LogP contribution >= 0.6 is 0 Å². The van der Waals surface area contributed by atoms with Gasteiger partial charge in [0.2, 0.25) is 0 Å². The Bertz CT molecular complexity index is 588. The number of hydrogen-bond acceptors (Lipinski definition) is 4. The van der Waals surface area contributed by atoms with Crippen molar-refractivity contribution in [2.75, 3.05) is 6.61 Å². The Balaban J connectivity index is 2.59. The minimum atomic E-state index is -0.735. The first kappa shape index (κ1) is 10.6. The highest BCUT2D eigenvalue weighted by molar-refractivity contribution is 5.18. The van der Waals surface area contributed by atoms with Gasteiger partial charge in [0.25, 0.3) is 0 Å². The molecule has 1 aromatic rings. The molecule has 1 aromatic heterocycles. The van der Waals surface area contributed by atoms with Crippen molar-refractivity contribution in [3.8, 4) is 0 Å². The van der Waals surface area contributed by atoms with Gasteiger partial charge in [-0.2, -0.15) is 0 Å². The molecule has 0 saturated carbocycles. The molecule has 1 N–H and O–H groups in total. The molecular formula is C9H11N3O4. The lowest BCUT2D eigenvalue weighted by Crippen LogP contribution is -2.48. The van der Waals surface area contributed by atoms with Crippen LogP contribution in [0, 0.1) is 0 Å². The molecule has 7 heteroatoms. The van der Waals surface area contributed by atoms with E-state index in [-0.39, 0.29) is 12.6 Å². The standard InChI is InChI=1S/C9H11N3O4/c1-2-3-11-7(13)10-8(14)12(9(11)15)4-6-5-16-6/h2-3,6H,4-5H2,1H3,(H,10,13,14)/b3-2-. The molecule has 0 radical (unpaired) electrons. The first-order valence-electron chi connectivity index (χ1n) is 4.83. The van der Waals surface area contributed by atoms with Gasteiger partial charge >= 0.3 is 17.1 Å². The quantitative estimate of drug-likeness (QED) is 0.640. The molecule has 16 heavy (non-hydrogen) atoms. The number of hydrogen-bond donors (Lipinski definition) is 1. The average Bonchev–Trinajstić information content (AvgIpc) is 3.03. The Labute approximate surface area is 89.6 Å². The van der Waals surface area contributed by atoms with Crippen LogP contribution in [0.15, 0.2) is 20.5 Å². The van der Waals surface area contributed by atoms with Gasteiger partial charge in [-0.15, -0.1) is 0 Å². The van der Waals surface area contributed by atoms with E-state index < -0.39 is 17.1 Å². The maximum atomic E-state index is 11.8. The van der Waals surface area contributed by atoms with Crippen molar-refractivity contribution in [1.29, 1.82) is 0 Å². The Kier molecular flexibility index (Phi) is 2.61. The zero-order valence-electron chi connectivity index (χ0n) is 8.67. The summed E-state index contributed by atoms with van der Waals surface area (Å²) in [7, 11) is 0. The van der Waals surface area contributed by atoms with Gasteiger partial charge in [0, 0.05) is 6.20 Å². The van der Waals surface area contributed by atoms with Crippen LogP contribution < -0.4 is 17.1 Å². The highest BCUT2D eigenvalue weighted by Gasteiger charge is 2.25. The van der Waals surface area contributed by atoms with Crippen LogP contribution in [-0.2, 0) is 11.3 Å². The van der Waals surface area contributed by atoms with Crippen molar-refractivity contribution in [3.63, 3.8) is 0 Å². The van der Waals surface area contributed by atoms with Gasteiger partial charge in [-0.25, -0.2) is 23.5 Å². The monoisotopic (exact) mass is 225 g/mol. The molecule has 0 bridgehead atoms. The second-order valence-electron chi connectivity index (χ2n) is 3.44. The SMILES string of the molecule is C/C=C\n1c(=O)[nH]c(=O)n(CC2CO2)c1=O. The number of allylic oxidation sites excluding steroid dienone is 1. The lowest BCUT2D eigenvalue weighted by atomic mass is 10.5. The van der Waals surface area contributed by atoms with Gasteiger partial charge in [-0.05, 0) is 6.92 Å². The molecule has 86 valence electrons. The number of epoxide rings is 1. The molecule has 1 atom stereocenters. The summed E-state index contributed by atoms with van der Waals surface area (Å²) in [6.07, 6.45) is 2.75. The zero-order chi connectivity index (χ0) is 11.7. The van der Waals surface area contributed by atoms with Crippen molar-refractivity contribution in [2.24, 2.45) is 0 Å². The average molecular weight is 225 g/mol. The number of nitrogens with zero attached hydrogens (tertiary/aromatic N) is 2. The number of aromatic amines is 1. The fourth-order valence-corrected chi connectivity index (χ4v) is 1.34. The third kappa shape index (κ3) is 1.89. The van der Waals surface area contributed by atoms with Crippen LogP contribution in [0.5, 0.6) is 0 Å². The molecular weight excluding hydrogens is 214 g/mol. The van der Waals surface area contributed by atoms with Gasteiger partial charge in [0.05, 0.1) is 19.3 Å². The predicted octanol–water partition coefficient (Wildman–Crippen LogP) is -1.41. The minimum Gasteiger partial charge on any atom is -0.371 e. The van der Waals surface area contributed by atoms with Gasteiger partial charge in [0.15, 0.2) is 0 Å². The van der Waals surface area contributed by atoms with Crippen LogP contribution in [0.1, 0.15) is 6.92 Å². The third-order valence-electron chi connectivity index (χ3n) is 2.20. The van der Waals surface area contributed by atoms with E-state index in [4.69, 9.17) is 4.74 Å². The predicted molar refractivity (Wildman–Crippen MR) is 56.3 cm³/mol. The molecule has 2 heterocycles. The Morgan fingerprint density at radius 3 is 2.69 bits per heavy atom. The Hall–Kier alpha value is -1.89. The largest absolute Gasteiger partial charge is 0.371 e. The maximum Gasteiger partial charge on any atom is 0.340 e. The van der Waals surface area contributed by atoms with E-state index in [1.54, 1.807) is 13.0 Å². The van der Waals surface area contributed by atoms with Gasteiger partial charge < -0.3 is 4.74 Å². The van der Waals surface area contributed by atoms with Crippen LogP contribution in [0.3, 0.4) is 0 Å². The summed E-state index contributed by atoms with van der Waals surface area (Å²) in [6.45, 7) is 2.38. The molecule has 0 aromatic carbocycles. The molecule has 1 saturated heterocycles. The van der Waals surface area contributed by atoms with E-state index in [2.05, 4.69) is 4.98 Å². The number of aromatic nitrogens is 3. The van der Waals surface area contributed by atoms with Crippen molar-refractivity contribution in [2.45, 2.75) is 19.6 Å². The summed E-state index contributed by atoms with van der Waals surface area (Å²) in [6, 6.07) is 0. The number of H-pyrrole nitrogens is 1. The molecule has 2 rings (SSSR count).